The van der Waals surface area contributed by atoms with Crippen molar-refractivity contribution in [3.05, 3.63) is 82.1 Å². The maximum atomic E-state index is 11.3. The van der Waals surface area contributed by atoms with E-state index >= 15 is 0 Å². The minimum atomic E-state index is -0.863. The standard InChI is InChI=1S/C29H38N2O2/c1-4-6-27(31-15-12-29(2,3)13-16-31)19-22-9-10-26-21-30(14-11-24(26)17-22)20-23-7-5-8-25(18-23)28(32)33/h5-10,17-18H,4,11-16,19-21H2,1-3H3,(H,32,33)/b27-6-. The van der Waals surface area contributed by atoms with Crippen LogP contribution in [-0.4, -0.2) is 40.5 Å². The number of aromatic carboxylic acids is 1. The van der Waals surface area contributed by atoms with E-state index in [4.69, 9.17) is 0 Å². The lowest BCUT2D eigenvalue weighted by molar-refractivity contribution is 0.0696. The summed E-state index contributed by atoms with van der Waals surface area (Å²) in [6.07, 6.45) is 8.11. The first kappa shape index (κ1) is 23.6. The van der Waals surface area contributed by atoms with Crippen LogP contribution in [0.1, 0.15) is 72.6 Å². The SMILES string of the molecule is CC/C=C(/Cc1ccc2c(c1)CCN(Cc1cccc(C(=O)O)c1)C2)N1CCC(C)(C)CC1. The normalized spacial score (nSPS) is 18.8. The van der Waals surface area contributed by atoms with Crippen LogP contribution in [0.3, 0.4) is 0 Å². The first-order valence-electron chi connectivity index (χ1n) is 12.4. The van der Waals surface area contributed by atoms with E-state index < -0.39 is 5.97 Å². The highest BCUT2D eigenvalue weighted by Crippen LogP contribution is 2.32. The van der Waals surface area contributed by atoms with Crippen LogP contribution in [0.15, 0.2) is 54.2 Å². The zero-order valence-corrected chi connectivity index (χ0v) is 20.4. The molecule has 0 saturated carbocycles. The molecule has 1 saturated heterocycles. The van der Waals surface area contributed by atoms with Gasteiger partial charge in [-0.1, -0.05) is 57.2 Å². The van der Waals surface area contributed by atoms with Gasteiger partial charge in [-0.15, -0.1) is 0 Å². The molecule has 0 unspecified atom stereocenters. The first-order chi connectivity index (χ1) is 15.8. The van der Waals surface area contributed by atoms with Crippen LogP contribution in [0.2, 0.25) is 0 Å². The fourth-order valence-corrected chi connectivity index (χ4v) is 5.13. The molecule has 4 nitrogen and oxygen atoms in total. The van der Waals surface area contributed by atoms with Gasteiger partial charge in [-0.05, 0) is 65.5 Å². The Balaban J connectivity index is 1.40. The van der Waals surface area contributed by atoms with Crippen molar-refractivity contribution in [3.8, 4) is 0 Å². The highest BCUT2D eigenvalue weighted by Gasteiger charge is 2.26. The Labute approximate surface area is 198 Å². The second-order valence-electron chi connectivity index (χ2n) is 10.5. The zero-order valence-electron chi connectivity index (χ0n) is 20.4. The first-order valence-corrected chi connectivity index (χ1v) is 12.4. The molecule has 0 aromatic heterocycles. The highest BCUT2D eigenvalue weighted by atomic mass is 16.4. The number of rotatable bonds is 7. The quantitative estimate of drug-likeness (QED) is 0.575. The molecule has 0 radical (unpaired) electrons. The number of hydrogen-bond donors (Lipinski definition) is 1. The Kier molecular flexibility index (Phi) is 7.23. The van der Waals surface area contributed by atoms with Gasteiger partial charge in [0.1, 0.15) is 0 Å². The van der Waals surface area contributed by atoms with Crippen LogP contribution in [0, 0.1) is 5.41 Å². The molecule has 0 bridgehead atoms. The Morgan fingerprint density at radius 2 is 1.82 bits per heavy atom. The third-order valence-corrected chi connectivity index (χ3v) is 7.29. The summed E-state index contributed by atoms with van der Waals surface area (Å²) in [6, 6.07) is 14.4. The predicted molar refractivity (Wildman–Crippen MR) is 134 cm³/mol. The van der Waals surface area contributed by atoms with E-state index in [0.717, 1.165) is 44.5 Å². The lowest BCUT2D eigenvalue weighted by Gasteiger charge is -2.39. The molecule has 1 fully saturated rings. The van der Waals surface area contributed by atoms with Crippen LogP contribution in [0.25, 0.3) is 0 Å². The molecule has 2 aliphatic rings. The van der Waals surface area contributed by atoms with Gasteiger partial charge in [0.25, 0.3) is 0 Å². The molecular formula is C29H38N2O2. The van der Waals surface area contributed by atoms with Crippen LogP contribution in [0.4, 0.5) is 0 Å². The number of carboxylic acids is 1. The highest BCUT2D eigenvalue weighted by molar-refractivity contribution is 5.87. The largest absolute Gasteiger partial charge is 0.478 e. The number of piperidine rings is 1. The lowest BCUT2D eigenvalue weighted by Crippen LogP contribution is -2.37. The van der Waals surface area contributed by atoms with Crippen molar-refractivity contribution in [2.45, 2.75) is 66.0 Å². The van der Waals surface area contributed by atoms with E-state index in [1.54, 1.807) is 12.1 Å². The monoisotopic (exact) mass is 446 g/mol. The summed E-state index contributed by atoms with van der Waals surface area (Å²) in [4.78, 5) is 16.3. The van der Waals surface area contributed by atoms with Gasteiger partial charge >= 0.3 is 5.97 Å². The van der Waals surface area contributed by atoms with Crippen LogP contribution in [-0.2, 0) is 25.9 Å². The molecule has 2 aliphatic heterocycles. The van der Waals surface area contributed by atoms with Gasteiger partial charge in [0, 0.05) is 44.8 Å². The number of carbonyl (C=O) groups is 1. The number of fused-ring (bicyclic) bond motifs is 1. The summed E-state index contributed by atoms with van der Waals surface area (Å²) < 4.78 is 0. The second kappa shape index (κ2) is 10.1. The molecule has 2 aromatic rings. The maximum Gasteiger partial charge on any atom is 0.335 e. The molecule has 33 heavy (non-hydrogen) atoms. The molecule has 2 heterocycles. The summed E-state index contributed by atoms with van der Waals surface area (Å²) in [7, 11) is 0. The minimum Gasteiger partial charge on any atom is -0.478 e. The molecular weight excluding hydrogens is 408 g/mol. The van der Waals surface area contributed by atoms with E-state index in [2.05, 4.69) is 54.8 Å². The van der Waals surface area contributed by atoms with Crippen molar-refractivity contribution in [3.63, 3.8) is 0 Å². The predicted octanol–water partition coefficient (Wildman–Crippen LogP) is 5.90. The summed E-state index contributed by atoms with van der Waals surface area (Å²) in [5.74, 6) is -0.863. The molecule has 1 N–H and O–H groups in total. The molecule has 2 aromatic carbocycles. The molecule has 176 valence electrons. The topological polar surface area (TPSA) is 43.8 Å². The zero-order chi connectivity index (χ0) is 23.4. The van der Waals surface area contributed by atoms with Crippen LogP contribution < -0.4 is 0 Å². The number of nitrogens with zero attached hydrogens (tertiary/aromatic N) is 2. The van der Waals surface area contributed by atoms with Gasteiger partial charge in [0.05, 0.1) is 5.56 Å². The van der Waals surface area contributed by atoms with Gasteiger partial charge in [0.2, 0.25) is 0 Å². The Morgan fingerprint density at radius 1 is 1.03 bits per heavy atom. The smallest absolute Gasteiger partial charge is 0.335 e. The summed E-state index contributed by atoms with van der Waals surface area (Å²) in [5, 5.41) is 9.25. The summed E-state index contributed by atoms with van der Waals surface area (Å²) >= 11 is 0. The van der Waals surface area contributed by atoms with Crippen molar-refractivity contribution < 1.29 is 9.90 Å². The van der Waals surface area contributed by atoms with Crippen molar-refractivity contribution in [2.24, 2.45) is 5.41 Å². The van der Waals surface area contributed by atoms with E-state index in [-0.39, 0.29) is 0 Å². The van der Waals surface area contributed by atoms with Crippen molar-refractivity contribution in [1.82, 2.24) is 9.80 Å². The second-order valence-corrected chi connectivity index (χ2v) is 10.5. The van der Waals surface area contributed by atoms with E-state index in [0.29, 0.717) is 11.0 Å². The Morgan fingerprint density at radius 3 is 2.55 bits per heavy atom. The fraction of sp³-hybridized carbons (Fsp3) is 0.483. The molecule has 0 amide bonds. The Hall–Kier alpha value is -2.59. The average molecular weight is 447 g/mol. The van der Waals surface area contributed by atoms with E-state index in [1.807, 2.05) is 12.1 Å². The lowest BCUT2D eigenvalue weighted by atomic mass is 9.82. The number of benzene rings is 2. The van der Waals surface area contributed by atoms with Gasteiger partial charge in [-0.3, -0.25) is 4.90 Å². The average Bonchev–Trinajstić information content (AvgIpc) is 2.79. The van der Waals surface area contributed by atoms with Gasteiger partial charge < -0.3 is 10.0 Å². The Bertz CT molecular complexity index is 1010. The van der Waals surface area contributed by atoms with E-state index in [1.165, 1.54) is 48.3 Å². The third-order valence-electron chi connectivity index (χ3n) is 7.29. The van der Waals surface area contributed by atoms with Crippen molar-refractivity contribution in [2.75, 3.05) is 19.6 Å². The van der Waals surface area contributed by atoms with Crippen molar-refractivity contribution >= 4 is 5.97 Å². The molecule has 0 atom stereocenters. The molecule has 4 rings (SSSR count). The number of allylic oxidation sites excluding steroid dienone is 2. The molecule has 4 heteroatoms. The van der Waals surface area contributed by atoms with E-state index in [9.17, 15) is 9.90 Å². The van der Waals surface area contributed by atoms with Crippen LogP contribution >= 0.6 is 0 Å². The number of carboxylic acid groups (broad SMARTS) is 1. The molecule has 0 spiro atoms. The van der Waals surface area contributed by atoms with Gasteiger partial charge in [0.15, 0.2) is 0 Å². The number of likely N-dealkylation sites (tertiary alicyclic amines) is 1. The fourth-order valence-electron chi connectivity index (χ4n) is 5.13. The van der Waals surface area contributed by atoms with Gasteiger partial charge in [-0.25, -0.2) is 4.79 Å². The maximum absolute atomic E-state index is 11.3. The van der Waals surface area contributed by atoms with Gasteiger partial charge in [-0.2, -0.15) is 0 Å². The minimum absolute atomic E-state index is 0.364. The number of hydrogen-bond acceptors (Lipinski definition) is 3. The van der Waals surface area contributed by atoms with Crippen molar-refractivity contribution in [1.29, 1.82) is 0 Å². The third kappa shape index (κ3) is 6.05. The summed E-state index contributed by atoms with van der Waals surface area (Å²) in [6.45, 7) is 12.1. The van der Waals surface area contributed by atoms with Crippen LogP contribution in [0.5, 0.6) is 0 Å². The molecule has 0 aliphatic carbocycles. The summed E-state index contributed by atoms with van der Waals surface area (Å²) in [5.41, 5.74) is 7.68.